The number of non-ortho nitro benzene ring substituents is 1. The van der Waals surface area contributed by atoms with Crippen molar-refractivity contribution < 1.29 is 18.1 Å². The Balaban J connectivity index is 2.48. The molecule has 21 heavy (non-hydrogen) atoms. The Morgan fingerprint density at radius 3 is 2.29 bits per heavy atom. The van der Waals surface area contributed by atoms with Gasteiger partial charge in [-0.05, 0) is 30.3 Å². The Morgan fingerprint density at radius 1 is 1.14 bits per heavy atom. The zero-order chi connectivity index (χ0) is 15.6. The molecule has 0 aromatic heterocycles. The molecule has 2 aromatic carbocycles. The van der Waals surface area contributed by atoms with Gasteiger partial charge in [0.05, 0.1) is 4.92 Å². The number of ether oxygens (including phenoxy) is 1. The number of halogens is 1. The van der Waals surface area contributed by atoms with Crippen molar-refractivity contribution in [3.05, 3.63) is 57.6 Å². The maximum atomic E-state index is 11.5. The second kappa shape index (κ2) is 5.68. The molecule has 0 aliphatic rings. The maximum absolute atomic E-state index is 11.5. The fourth-order valence-corrected chi connectivity index (χ4v) is 2.35. The van der Waals surface area contributed by atoms with Crippen LogP contribution in [0.25, 0.3) is 0 Å². The molecule has 2 rings (SSSR count). The van der Waals surface area contributed by atoms with Crippen LogP contribution in [-0.4, -0.2) is 13.3 Å². The molecule has 0 heterocycles. The minimum absolute atomic E-state index is 0.106. The van der Waals surface area contributed by atoms with E-state index in [9.17, 15) is 18.5 Å². The van der Waals surface area contributed by atoms with E-state index in [0.29, 0.717) is 10.8 Å². The molecule has 110 valence electrons. The second-order valence-corrected chi connectivity index (χ2v) is 5.96. The molecule has 0 aliphatic carbocycles. The molecule has 7 nitrogen and oxygen atoms in total. The molecule has 9 heteroatoms. The van der Waals surface area contributed by atoms with Crippen molar-refractivity contribution in [3.8, 4) is 11.5 Å². The number of nitro benzene ring substituents is 1. The summed E-state index contributed by atoms with van der Waals surface area (Å²) in [5, 5.41) is 16.2. The first-order valence-electron chi connectivity index (χ1n) is 5.52. The molecule has 0 atom stereocenters. The number of rotatable bonds is 4. The Morgan fingerprint density at radius 2 is 1.76 bits per heavy atom. The fourth-order valence-electron chi connectivity index (χ4n) is 1.55. The van der Waals surface area contributed by atoms with Gasteiger partial charge in [-0.1, -0.05) is 11.6 Å². The van der Waals surface area contributed by atoms with E-state index >= 15 is 0 Å². The molecular weight excluding hydrogens is 320 g/mol. The van der Waals surface area contributed by atoms with Gasteiger partial charge in [-0.3, -0.25) is 10.1 Å². The number of primary sulfonamides is 1. The van der Waals surface area contributed by atoms with Gasteiger partial charge in [0.15, 0.2) is 0 Å². The molecule has 0 amide bonds. The summed E-state index contributed by atoms with van der Waals surface area (Å²) < 4.78 is 28.4. The smallest absolute Gasteiger partial charge is 0.271 e. The summed E-state index contributed by atoms with van der Waals surface area (Å²) in [4.78, 5) is 9.51. The summed E-state index contributed by atoms with van der Waals surface area (Å²) in [6.07, 6.45) is 0. The van der Waals surface area contributed by atoms with Crippen LogP contribution in [0.2, 0.25) is 5.02 Å². The summed E-state index contributed by atoms with van der Waals surface area (Å²) >= 11 is 5.73. The normalized spacial score (nSPS) is 11.1. The monoisotopic (exact) mass is 328 g/mol. The van der Waals surface area contributed by atoms with Gasteiger partial charge >= 0.3 is 0 Å². The van der Waals surface area contributed by atoms with Crippen molar-refractivity contribution in [3.63, 3.8) is 0 Å². The van der Waals surface area contributed by atoms with Gasteiger partial charge in [-0.25, -0.2) is 13.6 Å². The van der Waals surface area contributed by atoms with E-state index in [2.05, 4.69) is 0 Å². The lowest BCUT2D eigenvalue weighted by molar-refractivity contribution is -0.385. The Hall–Kier alpha value is -2.16. The first-order valence-corrected chi connectivity index (χ1v) is 7.44. The summed E-state index contributed by atoms with van der Waals surface area (Å²) in [5.74, 6) is 0.212. The highest BCUT2D eigenvalue weighted by atomic mass is 35.5. The van der Waals surface area contributed by atoms with Crippen molar-refractivity contribution in [2.75, 3.05) is 0 Å². The predicted octanol–water partition coefficient (Wildman–Crippen LogP) is 2.69. The SMILES string of the molecule is NS(=O)(=O)c1cc([N+](=O)[O-])ccc1Oc1ccc(Cl)cc1. The van der Waals surface area contributed by atoms with E-state index < -0.39 is 25.5 Å². The second-order valence-electron chi connectivity index (χ2n) is 3.99. The first-order chi connectivity index (χ1) is 9.77. The maximum Gasteiger partial charge on any atom is 0.271 e. The van der Waals surface area contributed by atoms with Crippen LogP contribution in [-0.2, 0) is 10.0 Å². The van der Waals surface area contributed by atoms with Crippen LogP contribution >= 0.6 is 11.6 Å². The van der Waals surface area contributed by atoms with Crippen LogP contribution in [0.15, 0.2) is 47.4 Å². The van der Waals surface area contributed by atoms with Gasteiger partial charge in [-0.15, -0.1) is 0 Å². The molecule has 0 fully saturated rings. The zero-order valence-corrected chi connectivity index (χ0v) is 12.0. The van der Waals surface area contributed by atoms with Crippen molar-refractivity contribution >= 4 is 27.3 Å². The summed E-state index contributed by atoms with van der Waals surface area (Å²) in [7, 11) is -4.17. The Bertz CT molecular complexity index is 790. The highest BCUT2D eigenvalue weighted by Crippen LogP contribution is 2.31. The van der Waals surface area contributed by atoms with Gasteiger partial charge in [0.25, 0.3) is 5.69 Å². The van der Waals surface area contributed by atoms with Gasteiger partial charge in [0.1, 0.15) is 16.4 Å². The predicted molar refractivity (Wildman–Crippen MR) is 76.0 cm³/mol. The third-order valence-electron chi connectivity index (χ3n) is 2.49. The van der Waals surface area contributed by atoms with Crippen molar-refractivity contribution in [1.82, 2.24) is 0 Å². The van der Waals surface area contributed by atoms with Crippen molar-refractivity contribution in [2.45, 2.75) is 4.90 Å². The topological polar surface area (TPSA) is 113 Å². The average Bonchev–Trinajstić information content (AvgIpc) is 2.40. The van der Waals surface area contributed by atoms with E-state index in [1.54, 1.807) is 12.1 Å². The number of sulfonamides is 1. The number of benzene rings is 2. The van der Waals surface area contributed by atoms with E-state index in [4.69, 9.17) is 21.5 Å². The Kier molecular flexibility index (Phi) is 4.12. The zero-order valence-electron chi connectivity index (χ0n) is 10.4. The lowest BCUT2D eigenvalue weighted by Crippen LogP contribution is -2.13. The first kappa shape index (κ1) is 15.2. The summed E-state index contributed by atoms with van der Waals surface area (Å²) in [6, 6.07) is 9.30. The van der Waals surface area contributed by atoms with E-state index in [0.717, 1.165) is 12.1 Å². The van der Waals surface area contributed by atoms with E-state index in [1.807, 2.05) is 0 Å². The van der Waals surface area contributed by atoms with Crippen LogP contribution in [0, 0.1) is 10.1 Å². The molecule has 0 bridgehead atoms. The van der Waals surface area contributed by atoms with Crippen molar-refractivity contribution in [2.24, 2.45) is 5.14 Å². The molecule has 0 radical (unpaired) electrons. The van der Waals surface area contributed by atoms with E-state index in [-0.39, 0.29) is 5.75 Å². The third kappa shape index (κ3) is 3.69. The average molecular weight is 329 g/mol. The lowest BCUT2D eigenvalue weighted by atomic mass is 10.3. The van der Waals surface area contributed by atoms with Crippen molar-refractivity contribution in [1.29, 1.82) is 0 Å². The van der Waals surface area contributed by atoms with Gasteiger partial charge in [0.2, 0.25) is 10.0 Å². The molecular formula is C12H9ClN2O5S. The van der Waals surface area contributed by atoms with Crippen LogP contribution in [0.3, 0.4) is 0 Å². The lowest BCUT2D eigenvalue weighted by Gasteiger charge is -2.09. The number of nitrogens with zero attached hydrogens (tertiary/aromatic N) is 1. The third-order valence-corrected chi connectivity index (χ3v) is 3.67. The molecule has 2 aromatic rings. The molecule has 0 spiro atoms. The highest BCUT2D eigenvalue weighted by molar-refractivity contribution is 7.89. The van der Waals surface area contributed by atoms with Crippen LogP contribution in [0.1, 0.15) is 0 Å². The molecule has 0 aliphatic heterocycles. The molecule has 2 N–H and O–H groups in total. The molecule has 0 saturated carbocycles. The minimum atomic E-state index is -4.17. The van der Waals surface area contributed by atoms with Gasteiger partial charge < -0.3 is 4.74 Å². The minimum Gasteiger partial charge on any atom is -0.456 e. The quantitative estimate of drug-likeness (QED) is 0.684. The number of hydrogen-bond acceptors (Lipinski definition) is 5. The van der Waals surface area contributed by atoms with Gasteiger partial charge in [-0.2, -0.15) is 0 Å². The highest BCUT2D eigenvalue weighted by Gasteiger charge is 2.20. The van der Waals surface area contributed by atoms with Gasteiger partial charge in [0, 0.05) is 17.2 Å². The largest absolute Gasteiger partial charge is 0.456 e. The fraction of sp³-hybridized carbons (Fsp3) is 0. The standard InChI is InChI=1S/C12H9ClN2O5S/c13-8-1-4-10(5-2-8)20-11-6-3-9(15(16)17)7-12(11)21(14,18)19/h1-7H,(H2,14,18,19). The molecule has 0 saturated heterocycles. The Labute approximate surface area is 125 Å². The number of nitro groups is 1. The number of nitrogens with two attached hydrogens (primary N) is 1. The van der Waals surface area contributed by atoms with Crippen LogP contribution in [0.5, 0.6) is 11.5 Å². The summed E-state index contributed by atoms with van der Waals surface area (Å²) in [6.45, 7) is 0. The van der Waals surface area contributed by atoms with Crippen LogP contribution in [0.4, 0.5) is 5.69 Å². The van der Waals surface area contributed by atoms with Crippen LogP contribution < -0.4 is 9.88 Å². The number of hydrogen-bond donors (Lipinski definition) is 1. The van der Waals surface area contributed by atoms with E-state index in [1.165, 1.54) is 18.2 Å². The molecule has 0 unspecified atom stereocenters. The summed E-state index contributed by atoms with van der Waals surface area (Å²) in [5.41, 5.74) is -0.400.